The Labute approximate surface area is 209 Å². The van der Waals surface area contributed by atoms with Gasteiger partial charge in [-0.05, 0) is 77.4 Å². The zero-order chi connectivity index (χ0) is 25.8. The van der Waals surface area contributed by atoms with Crippen LogP contribution in [0.3, 0.4) is 0 Å². The van der Waals surface area contributed by atoms with E-state index < -0.39 is 0 Å². The number of nitrogens with zero attached hydrogens (tertiary/aromatic N) is 5. The average molecular weight is 493 g/mol. The summed E-state index contributed by atoms with van der Waals surface area (Å²) < 4.78 is 15.1. The molecule has 9 heteroatoms. The van der Waals surface area contributed by atoms with Gasteiger partial charge in [-0.25, -0.2) is 9.07 Å². The number of pyridine rings is 1. The number of halogens is 1. The van der Waals surface area contributed by atoms with Gasteiger partial charge in [0.2, 0.25) is 0 Å². The fraction of sp³-hybridized carbons (Fsp3) is 0.407. The van der Waals surface area contributed by atoms with Crippen molar-refractivity contribution in [2.45, 2.75) is 53.2 Å². The number of nitrogens with one attached hydrogen (secondary N) is 1. The highest BCUT2D eigenvalue weighted by Gasteiger charge is 2.29. The molecule has 1 unspecified atom stereocenters. The molecular formula is C27H33FN6O2. The van der Waals surface area contributed by atoms with E-state index in [0.29, 0.717) is 37.4 Å². The van der Waals surface area contributed by atoms with Crippen molar-refractivity contribution in [3.63, 3.8) is 0 Å². The van der Waals surface area contributed by atoms with E-state index in [1.54, 1.807) is 16.8 Å². The van der Waals surface area contributed by atoms with Crippen LogP contribution in [0.1, 0.15) is 54.4 Å². The minimum atomic E-state index is -0.295. The molecule has 0 spiro atoms. The molecule has 0 saturated heterocycles. The van der Waals surface area contributed by atoms with Crippen LogP contribution < -0.4 is 5.56 Å². The second-order valence-electron chi connectivity index (χ2n) is 9.73. The molecule has 1 atom stereocenters. The number of tetrazole rings is 1. The summed E-state index contributed by atoms with van der Waals surface area (Å²) in [5.41, 5.74) is 4.41. The Bertz CT molecular complexity index is 1380. The number of aliphatic hydroxyl groups excluding tert-OH is 1. The molecule has 2 N–H and O–H groups in total. The second kappa shape index (κ2) is 11.1. The van der Waals surface area contributed by atoms with Crippen molar-refractivity contribution in [2.24, 2.45) is 5.92 Å². The highest BCUT2D eigenvalue weighted by Crippen LogP contribution is 2.29. The first kappa shape index (κ1) is 25.7. The van der Waals surface area contributed by atoms with Gasteiger partial charge in [0.05, 0.1) is 18.1 Å². The average Bonchev–Trinajstić information content (AvgIpc) is 3.27. The van der Waals surface area contributed by atoms with Crippen LogP contribution in [0.2, 0.25) is 0 Å². The maximum Gasteiger partial charge on any atom is 0.252 e. The van der Waals surface area contributed by atoms with Crippen molar-refractivity contribution in [3.05, 3.63) is 86.7 Å². The van der Waals surface area contributed by atoms with E-state index in [1.165, 1.54) is 12.1 Å². The molecular weight excluding hydrogens is 459 g/mol. The third-order valence-corrected chi connectivity index (χ3v) is 6.44. The maximum atomic E-state index is 13.4. The molecule has 8 nitrogen and oxygen atoms in total. The third kappa shape index (κ3) is 5.68. The SMILES string of the molecule is Cc1cc(C)c2[nH]c(=O)c(CN(CCCO)C(c3nnnn3Cc3ccc(F)cc3)C(C)C)cc2c1. The third-order valence-electron chi connectivity index (χ3n) is 6.44. The smallest absolute Gasteiger partial charge is 0.252 e. The Morgan fingerprint density at radius 2 is 1.89 bits per heavy atom. The molecule has 2 heterocycles. The fourth-order valence-electron chi connectivity index (χ4n) is 4.84. The second-order valence-corrected chi connectivity index (χ2v) is 9.73. The van der Waals surface area contributed by atoms with Gasteiger partial charge in [0.15, 0.2) is 5.82 Å². The van der Waals surface area contributed by atoms with Gasteiger partial charge < -0.3 is 10.1 Å². The molecule has 0 radical (unpaired) electrons. The summed E-state index contributed by atoms with van der Waals surface area (Å²) in [4.78, 5) is 18.3. The van der Waals surface area contributed by atoms with E-state index in [4.69, 9.17) is 0 Å². The molecule has 0 fully saturated rings. The quantitative estimate of drug-likeness (QED) is 0.348. The highest BCUT2D eigenvalue weighted by molar-refractivity contribution is 5.82. The molecule has 36 heavy (non-hydrogen) atoms. The predicted octanol–water partition coefficient (Wildman–Crippen LogP) is 3.90. The topological polar surface area (TPSA) is 99.9 Å². The number of aryl methyl sites for hydroxylation is 2. The van der Waals surface area contributed by atoms with Crippen LogP contribution in [0.4, 0.5) is 4.39 Å². The van der Waals surface area contributed by atoms with E-state index in [-0.39, 0.29) is 29.9 Å². The first-order chi connectivity index (χ1) is 17.3. The Balaban J connectivity index is 1.70. The Hall–Kier alpha value is -3.43. The molecule has 190 valence electrons. The van der Waals surface area contributed by atoms with Gasteiger partial charge in [-0.3, -0.25) is 9.69 Å². The van der Waals surface area contributed by atoms with Gasteiger partial charge in [0, 0.05) is 25.3 Å². The van der Waals surface area contributed by atoms with E-state index >= 15 is 0 Å². The monoisotopic (exact) mass is 492 g/mol. The largest absolute Gasteiger partial charge is 0.396 e. The molecule has 0 aliphatic rings. The van der Waals surface area contributed by atoms with Crippen LogP contribution in [-0.2, 0) is 13.1 Å². The molecule has 0 bridgehead atoms. The number of hydrogen-bond acceptors (Lipinski definition) is 6. The standard InChI is InChI=1S/C27H33FN6O2/c1-17(2)25(26-30-31-32-34(26)15-20-6-8-23(28)9-7-20)33(10-5-11-35)16-22-14-21-13-18(3)12-19(4)24(21)29-27(22)36/h6-9,12-14,17,25,35H,5,10-11,15-16H2,1-4H3,(H,29,36). The summed E-state index contributed by atoms with van der Waals surface area (Å²) in [7, 11) is 0. The molecule has 4 aromatic rings. The molecule has 2 aromatic heterocycles. The molecule has 0 aliphatic carbocycles. The lowest BCUT2D eigenvalue weighted by Crippen LogP contribution is -2.36. The Morgan fingerprint density at radius 3 is 2.58 bits per heavy atom. The number of aromatic amines is 1. The van der Waals surface area contributed by atoms with Crippen molar-refractivity contribution in [1.82, 2.24) is 30.1 Å². The molecule has 0 amide bonds. The predicted molar refractivity (Wildman–Crippen MR) is 137 cm³/mol. The van der Waals surface area contributed by atoms with Crippen LogP contribution in [0.25, 0.3) is 10.9 Å². The van der Waals surface area contributed by atoms with Gasteiger partial charge in [-0.1, -0.05) is 37.6 Å². The van der Waals surface area contributed by atoms with Gasteiger partial charge in [0.25, 0.3) is 5.56 Å². The molecule has 0 saturated carbocycles. The van der Waals surface area contributed by atoms with Crippen LogP contribution >= 0.6 is 0 Å². The zero-order valence-corrected chi connectivity index (χ0v) is 21.2. The highest BCUT2D eigenvalue weighted by atomic mass is 19.1. The van der Waals surface area contributed by atoms with Crippen molar-refractivity contribution < 1.29 is 9.50 Å². The Morgan fingerprint density at radius 1 is 1.14 bits per heavy atom. The van der Waals surface area contributed by atoms with Gasteiger partial charge >= 0.3 is 0 Å². The summed E-state index contributed by atoms with van der Waals surface area (Å²) in [6, 6.07) is 12.1. The number of aromatic nitrogens is 5. The summed E-state index contributed by atoms with van der Waals surface area (Å²) in [6.07, 6.45) is 0.548. The van der Waals surface area contributed by atoms with Gasteiger partial charge in [-0.2, -0.15) is 0 Å². The van der Waals surface area contributed by atoms with Gasteiger partial charge in [0.1, 0.15) is 5.82 Å². The number of benzene rings is 2. The lowest BCUT2D eigenvalue weighted by atomic mass is 9.99. The summed E-state index contributed by atoms with van der Waals surface area (Å²) in [6.45, 7) is 9.59. The van der Waals surface area contributed by atoms with E-state index in [1.807, 2.05) is 19.9 Å². The van der Waals surface area contributed by atoms with Crippen LogP contribution in [-0.4, -0.2) is 48.3 Å². The number of hydrogen-bond donors (Lipinski definition) is 2. The first-order valence-corrected chi connectivity index (χ1v) is 12.3. The zero-order valence-electron chi connectivity index (χ0n) is 21.2. The fourth-order valence-corrected chi connectivity index (χ4v) is 4.84. The maximum absolute atomic E-state index is 13.4. The number of rotatable bonds is 10. The molecule has 2 aromatic carbocycles. The van der Waals surface area contributed by atoms with Crippen molar-refractivity contribution in [3.8, 4) is 0 Å². The summed E-state index contributed by atoms with van der Waals surface area (Å²) in [5.74, 6) is 0.485. The van der Waals surface area contributed by atoms with Gasteiger partial charge in [-0.15, -0.1) is 5.10 Å². The Kier molecular flexibility index (Phi) is 7.91. The number of aliphatic hydroxyl groups is 1. The van der Waals surface area contributed by atoms with Crippen molar-refractivity contribution in [1.29, 1.82) is 0 Å². The summed E-state index contributed by atoms with van der Waals surface area (Å²) >= 11 is 0. The number of H-pyrrole nitrogens is 1. The molecule has 4 rings (SSSR count). The minimum Gasteiger partial charge on any atom is -0.396 e. The van der Waals surface area contributed by atoms with E-state index in [0.717, 1.165) is 27.6 Å². The van der Waals surface area contributed by atoms with Crippen LogP contribution in [0.15, 0.2) is 47.3 Å². The van der Waals surface area contributed by atoms with Crippen LogP contribution in [0, 0.1) is 25.6 Å². The minimum absolute atomic E-state index is 0.0360. The summed E-state index contributed by atoms with van der Waals surface area (Å²) in [5, 5.41) is 23.1. The normalized spacial score (nSPS) is 12.7. The first-order valence-electron chi connectivity index (χ1n) is 12.3. The number of fused-ring (bicyclic) bond motifs is 1. The lowest BCUT2D eigenvalue weighted by Gasteiger charge is -2.33. The molecule has 0 aliphatic heterocycles. The van der Waals surface area contributed by atoms with E-state index in [2.05, 4.69) is 51.4 Å². The van der Waals surface area contributed by atoms with Crippen LogP contribution in [0.5, 0.6) is 0 Å². The lowest BCUT2D eigenvalue weighted by molar-refractivity contribution is 0.122. The van der Waals surface area contributed by atoms with Crippen molar-refractivity contribution >= 4 is 10.9 Å². The van der Waals surface area contributed by atoms with Crippen molar-refractivity contribution in [2.75, 3.05) is 13.2 Å². The van der Waals surface area contributed by atoms with E-state index in [9.17, 15) is 14.3 Å².